The van der Waals surface area contributed by atoms with Crippen LogP contribution in [-0.4, -0.2) is 45.2 Å². The third-order valence-corrected chi connectivity index (χ3v) is 3.86. The Morgan fingerprint density at radius 3 is 2.41 bits per heavy atom. The van der Waals surface area contributed by atoms with Crippen molar-refractivity contribution in [2.24, 2.45) is 0 Å². The molecule has 0 atom stereocenters. The van der Waals surface area contributed by atoms with Gasteiger partial charge in [0.25, 0.3) is 0 Å². The van der Waals surface area contributed by atoms with E-state index in [9.17, 15) is 14.4 Å². The fourth-order valence-corrected chi connectivity index (χ4v) is 2.79. The van der Waals surface area contributed by atoms with Gasteiger partial charge in [0.2, 0.25) is 5.91 Å². The van der Waals surface area contributed by atoms with Crippen molar-refractivity contribution in [2.75, 3.05) is 32.6 Å². The van der Waals surface area contributed by atoms with E-state index in [2.05, 4.69) is 26.0 Å². The van der Waals surface area contributed by atoms with Gasteiger partial charge in [0, 0.05) is 0 Å². The van der Waals surface area contributed by atoms with Crippen molar-refractivity contribution in [3.8, 4) is 12.3 Å². The van der Waals surface area contributed by atoms with Gasteiger partial charge in [-0.25, -0.2) is 9.59 Å². The van der Waals surface area contributed by atoms with Gasteiger partial charge < -0.3 is 14.8 Å². The van der Waals surface area contributed by atoms with Gasteiger partial charge in [0.05, 0.1) is 32.9 Å². The molecule has 0 unspecified atom stereocenters. The number of thiophene rings is 1. The number of methoxy groups -OCH3 is 2. The average Bonchev–Trinajstić information content (AvgIpc) is 2.82. The maximum Gasteiger partial charge on any atom is 0.348 e. The molecule has 7 nitrogen and oxygen atoms in total. The molecule has 8 heteroatoms. The molecule has 0 saturated carbocycles. The predicted octanol–water partition coefficient (Wildman–Crippen LogP) is 0.791. The SMILES string of the molecule is C#CCNCC(=O)Nc1sc(C(=O)OC)c(C)c1C(=O)OC. The predicted molar refractivity (Wildman–Crippen MR) is 82.1 cm³/mol. The summed E-state index contributed by atoms with van der Waals surface area (Å²) in [5, 5.41) is 5.52. The lowest BCUT2D eigenvalue weighted by molar-refractivity contribution is -0.115. The highest BCUT2D eigenvalue weighted by Crippen LogP contribution is 2.34. The van der Waals surface area contributed by atoms with Gasteiger partial charge in [-0.1, -0.05) is 5.92 Å². The maximum absolute atomic E-state index is 11.9. The average molecular weight is 324 g/mol. The number of rotatable bonds is 6. The minimum Gasteiger partial charge on any atom is -0.465 e. The minimum atomic E-state index is -0.643. The Morgan fingerprint density at radius 2 is 1.86 bits per heavy atom. The van der Waals surface area contributed by atoms with Crippen molar-refractivity contribution in [3.05, 3.63) is 16.0 Å². The van der Waals surface area contributed by atoms with Crippen LogP contribution < -0.4 is 10.6 Å². The number of ether oxygens (including phenoxy) is 2. The molecule has 118 valence electrons. The van der Waals surface area contributed by atoms with E-state index in [1.165, 1.54) is 14.2 Å². The zero-order chi connectivity index (χ0) is 16.7. The van der Waals surface area contributed by atoms with Crippen molar-refractivity contribution in [1.82, 2.24) is 5.32 Å². The van der Waals surface area contributed by atoms with Crippen molar-refractivity contribution in [1.29, 1.82) is 0 Å². The molecule has 0 aliphatic carbocycles. The van der Waals surface area contributed by atoms with Gasteiger partial charge in [-0.05, 0) is 12.5 Å². The topological polar surface area (TPSA) is 93.7 Å². The van der Waals surface area contributed by atoms with Gasteiger partial charge in [0.15, 0.2) is 0 Å². The Hall–Kier alpha value is -2.37. The number of nitrogens with one attached hydrogen (secondary N) is 2. The van der Waals surface area contributed by atoms with Crippen molar-refractivity contribution in [3.63, 3.8) is 0 Å². The summed E-state index contributed by atoms with van der Waals surface area (Å²) in [5.74, 6) is 0.720. The minimum absolute atomic E-state index is 0.0185. The molecule has 1 amide bonds. The van der Waals surface area contributed by atoms with Crippen LogP contribution in [0.5, 0.6) is 0 Å². The standard InChI is InChI=1S/C14H16N2O5S/c1-5-6-15-7-9(17)16-12-10(13(18)20-3)8(2)11(22-12)14(19)21-4/h1,15H,6-7H2,2-4H3,(H,16,17). The van der Waals surface area contributed by atoms with Gasteiger partial charge >= 0.3 is 11.9 Å². The fourth-order valence-electron chi connectivity index (χ4n) is 1.66. The van der Waals surface area contributed by atoms with Crippen molar-refractivity contribution < 1.29 is 23.9 Å². The smallest absolute Gasteiger partial charge is 0.348 e. The Kier molecular flexibility index (Phi) is 6.56. The molecule has 0 aliphatic rings. The van der Waals surface area contributed by atoms with Gasteiger partial charge in [0.1, 0.15) is 9.88 Å². The summed E-state index contributed by atoms with van der Waals surface area (Å²) >= 11 is 0.955. The summed E-state index contributed by atoms with van der Waals surface area (Å²) < 4.78 is 9.34. The van der Waals surface area contributed by atoms with Crippen LogP contribution in [0.15, 0.2) is 0 Å². The molecule has 22 heavy (non-hydrogen) atoms. The van der Waals surface area contributed by atoms with Gasteiger partial charge in [-0.3, -0.25) is 10.1 Å². The van der Waals surface area contributed by atoms with E-state index in [1.807, 2.05) is 0 Å². The second kappa shape index (κ2) is 8.17. The Morgan fingerprint density at radius 1 is 1.23 bits per heavy atom. The highest BCUT2D eigenvalue weighted by atomic mass is 32.1. The molecule has 0 bridgehead atoms. The van der Waals surface area contributed by atoms with Gasteiger partial charge in [-0.2, -0.15) is 0 Å². The Labute approximate surface area is 132 Å². The number of hydrogen-bond acceptors (Lipinski definition) is 7. The van der Waals surface area contributed by atoms with Crippen LogP contribution in [0.3, 0.4) is 0 Å². The number of esters is 2. The summed E-state index contributed by atoms with van der Waals surface area (Å²) in [6.07, 6.45) is 5.07. The first-order chi connectivity index (χ1) is 10.5. The number of carbonyl (C=O) groups is 3. The van der Waals surface area contributed by atoms with E-state index in [0.717, 1.165) is 11.3 Å². The van der Waals surface area contributed by atoms with Crippen LogP contribution in [0.4, 0.5) is 5.00 Å². The monoisotopic (exact) mass is 324 g/mol. The number of terminal acetylenes is 1. The van der Waals surface area contributed by atoms with Crippen molar-refractivity contribution in [2.45, 2.75) is 6.92 Å². The van der Waals surface area contributed by atoms with E-state index in [4.69, 9.17) is 6.42 Å². The lowest BCUT2D eigenvalue weighted by atomic mass is 10.1. The Bertz CT molecular complexity index is 630. The molecule has 0 aliphatic heterocycles. The molecule has 1 aromatic heterocycles. The zero-order valence-corrected chi connectivity index (χ0v) is 13.3. The normalized spacial score (nSPS) is 9.73. The van der Waals surface area contributed by atoms with E-state index >= 15 is 0 Å². The van der Waals surface area contributed by atoms with Crippen LogP contribution in [-0.2, 0) is 14.3 Å². The third kappa shape index (κ3) is 4.07. The summed E-state index contributed by atoms with van der Waals surface area (Å²) in [6.45, 7) is 1.81. The number of carbonyl (C=O) groups excluding carboxylic acids is 3. The van der Waals surface area contributed by atoms with Crippen LogP contribution >= 0.6 is 11.3 Å². The molecule has 0 saturated heterocycles. The number of amides is 1. The third-order valence-electron chi connectivity index (χ3n) is 2.67. The summed E-state index contributed by atoms with van der Waals surface area (Å²) in [4.78, 5) is 35.6. The quantitative estimate of drug-likeness (QED) is 0.456. The maximum atomic E-state index is 11.9. The second-order valence-corrected chi connectivity index (χ2v) is 5.12. The zero-order valence-electron chi connectivity index (χ0n) is 12.4. The lowest BCUT2D eigenvalue weighted by Crippen LogP contribution is -2.28. The van der Waals surface area contributed by atoms with E-state index in [1.54, 1.807) is 6.92 Å². The van der Waals surface area contributed by atoms with Crippen molar-refractivity contribution >= 4 is 34.2 Å². The molecule has 0 aromatic carbocycles. The summed E-state index contributed by atoms with van der Waals surface area (Å²) in [7, 11) is 2.46. The molecule has 1 heterocycles. The van der Waals surface area contributed by atoms with Crippen LogP contribution in [0.25, 0.3) is 0 Å². The van der Waals surface area contributed by atoms with E-state index in [0.29, 0.717) is 5.56 Å². The molecule has 0 spiro atoms. The largest absolute Gasteiger partial charge is 0.465 e. The second-order valence-electron chi connectivity index (χ2n) is 4.10. The van der Waals surface area contributed by atoms with E-state index < -0.39 is 17.8 Å². The van der Waals surface area contributed by atoms with Crippen LogP contribution in [0.2, 0.25) is 0 Å². The highest BCUT2D eigenvalue weighted by Gasteiger charge is 2.26. The first kappa shape index (κ1) is 17.7. The highest BCUT2D eigenvalue weighted by molar-refractivity contribution is 7.18. The van der Waals surface area contributed by atoms with Gasteiger partial charge in [-0.15, -0.1) is 17.8 Å². The molecular formula is C14H16N2O5S. The molecule has 0 radical (unpaired) electrons. The molecular weight excluding hydrogens is 308 g/mol. The number of anilines is 1. The van der Waals surface area contributed by atoms with Crippen LogP contribution in [0.1, 0.15) is 25.6 Å². The summed E-state index contributed by atoms with van der Waals surface area (Å²) in [5.41, 5.74) is 0.536. The molecule has 2 N–H and O–H groups in total. The first-order valence-corrected chi connectivity index (χ1v) is 7.01. The van der Waals surface area contributed by atoms with E-state index in [-0.39, 0.29) is 28.5 Å². The molecule has 0 fully saturated rings. The van der Waals surface area contributed by atoms with Crippen LogP contribution in [0, 0.1) is 19.3 Å². The molecule has 1 aromatic rings. The Balaban J connectivity index is 3.07. The molecule has 1 rings (SSSR count). The fraction of sp³-hybridized carbons (Fsp3) is 0.357. The lowest BCUT2D eigenvalue weighted by Gasteiger charge is -2.06. The first-order valence-electron chi connectivity index (χ1n) is 6.20. The number of hydrogen-bond donors (Lipinski definition) is 2. The summed E-state index contributed by atoms with van der Waals surface area (Å²) in [6, 6.07) is 0.